The van der Waals surface area contributed by atoms with Gasteiger partial charge in [-0.1, -0.05) is 0 Å². The highest BCUT2D eigenvalue weighted by molar-refractivity contribution is 7.94. The van der Waals surface area contributed by atoms with Crippen molar-refractivity contribution in [3.05, 3.63) is 41.5 Å². The molecule has 2 aromatic heterocycles. The molecule has 1 aromatic carbocycles. The maximum Gasteiger partial charge on any atom is 0.271 e. The number of nitrogens with zero attached hydrogens (tertiary/aromatic N) is 2. The highest BCUT2D eigenvalue weighted by atomic mass is 32.2. The average Bonchev–Trinajstić information content (AvgIpc) is 3.04. The second kappa shape index (κ2) is 5.40. The summed E-state index contributed by atoms with van der Waals surface area (Å²) in [5.41, 5.74) is 2.29. The molecular weight excluding hydrogens is 318 g/mol. The summed E-state index contributed by atoms with van der Waals surface area (Å²) in [6, 6.07) is 9.13. The first-order valence-electron chi connectivity index (χ1n) is 6.93. The molecule has 116 valence electrons. The van der Waals surface area contributed by atoms with Gasteiger partial charge >= 0.3 is 0 Å². The number of aryl methyl sites for hydroxylation is 1. The van der Waals surface area contributed by atoms with Gasteiger partial charge in [-0.15, -0.1) is 11.3 Å². The van der Waals surface area contributed by atoms with Crippen LogP contribution in [0.5, 0.6) is 0 Å². The second-order valence-corrected chi connectivity index (χ2v) is 8.62. The molecule has 0 atom stereocenters. The molecule has 0 radical (unpaired) electrons. The second-order valence-electron chi connectivity index (χ2n) is 5.42. The van der Waals surface area contributed by atoms with Crippen molar-refractivity contribution in [2.75, 3.05) is 4.72 Å². The van der Waals surface area contributed by atoms with E-state index in [0.29, 0.717) is 15.9 Å². The van der Waals surface area contributed by atoms with Gasteiger partial charge in [0.05, 0.1) is 23.0 Å². The average molecular weight is 335 g/mol. The molecule has 0 aliphatic heterocycles. The molecule has 22 heavy (non-hydrogen) atoms. The Balaban J connectivity index is 1.94. The Labute approximate surface area is 133 Å². The van der Waals surface area contributed by atoms with Crippen molar-refractivity contribution in [1.29, 1.82) is 0 Å². The number of benzene rings is 1. The van der Waals surface area contributed by atoms with Crippen molar-refractivity contribution in [3.63, 3.8) is 0 Å². The molecule has 0 fully saturated rings. The molecule has 2 heterocycles. The number of fused-ring (bicyclic) bond motifs is 1. The summed E-state index contributed by atoms with van der Waals surface area (Å²) >= 11 is 1.26. The molecule has 0 unspecified atom stereocenters. The van der Waals surface area contributed by atoms with Crippen LogP contribution in [0.4, 0.5) is 5.69 Å². The third-order valence-corrected chi connectivity index (χ3v) is 6.24. The number of nitrogens with one attached hydrogen (secondary N) is 1. The highest BCUT2D eigenvalue weighted by Crippen LogP contribution is 2.26. The summed E-state index contributed by atoms with van der Waals surface area (Å²) in [6.45, 7) is 6.04. The van der Waals surface area contributed by atoms with Crippen molar-refractivity contribution >= 4 is 38.1 Å². The molecule has 0 spiro atoms. The van der Waals surface area contributed by atoms with Gasteiger partial charge in [0, 0.05) is 10.9 Å². The molecule has 0 amide bonds. The lowest BCUT2D eigenvalue weighted by Crippen LogP contribution is -2.11. The van der Waals surface area contributed by atoms with E-state index >= 15 is 0 Å². The lowest BCUT2D eigenvalue weighted by atomic mass is 10.2. The van der Waals surface area contributed by atoms with Crippen LogP contribution in [0.3, 0.4) is 0 Å². The summed E-state index contributed by atoms with van der Waals surface area (Å²) in [7, 11) is -3.54. The van der Waals surface area contributed by atoms with Crippen LogP contribution >= 0.6 is 11.3 Å². The van der Waals surface area contributed by atoms with E-state index < -0.39 is 10.0 Å². The van der Waals surface area contributed by atoms with Crippen LogP contribution in [0.25, 0.3) is 11.0 Å². The van der Waals surface area contributed by atoms with E-state index in [2.05, 4.69) is 28.1 Å². The first-order valence-corrected chi connectivity index (χ1v) is 9.22. The molecule has 7 heteroatoms. The van der Waals surface area contributed by atoms with Gasteiger partial charge in [-0.25, -0.2) is 13.4 Å². The molecule has 0 bridgehead atoms. The summed E-state index contributed by atoms with van der Waals surface area (Å²) in [5.74, 6) is 0. The van der Waals surface area contributed by atoms with E-state index in [1.54, 1.807) is 30.6 Å². The van der Waals surface area contributed by atoms with Crippen LogP contribution in [0, 0.1) is 6.92 Å². The van der Waals surface area contributed by atoms with Crippen LogP contribution in [0.2, 0.25) is 0 Å². The first-order chi connectivity index (χ1) is 10.4. The monoisotopic (exact) mass is 335 g/mol. The van der Waals surface area contributed by atoms with Gasteiger partial charge in [0.15, 0.2) is 0 Å². The molecule has 3 aromatic rings. The van der Waals surface area contributed by atoms with Crippen LogP contribution < -0.4 is 4.72 Å². The van der Waals surface area contributed by atoms with E-state index in [-0.39, 0.29) is 0 Å². The smallest absolute Gasteiger partial charge is 0.271 e. The number of rotatable bonds is 4. The minimum absolute atomic E-state index is 0.307. The zero-order chi connectivity index (χ0) is 15.9. The van der Waals surface area contributed by atoms with Gasteiger partial charge in [-0.3, -0.25) is 4.72 Å². The Kier molecular flexibility index (Phi) is 3.70. The van der Waals surface area contributed by atoms with Crippen LogP contribution in [0.15, 0.2) is 40.9 Å². The minimum atomic E-state index is -3.54. The van der Waals surface area contributed by atoms with Gasteiger partial charge in [-0.2, -0.15) is 0 Å². The van der Waals surface area contributed by atoms with Crippen molar-refractivity contribution in [3.8, 4) is 0 Å². The largest absolute Gasteiger partial charge is 0.328 e. The third-order valence-electron chi connectivity index (χ3n) is 3.36. The quantitative estimate of drug-likeness (QED) is 0.789. The van der Waals surface area contributed by atoms with Gasteiger partial charge in [-0.05, 0) is 51.1 Å². The topological polar surface area (TPSA) is 64.0 Å². The molecule has 0 saturated heterocycles. The zero-order valence-electron chi connectivity index (χ0n) is 12.6. The van der Waals surface area contributed by atoms with Crippen molar-refractivity contribution in [2.24, 2.45) is 0 Å². The van der Waals surface area contributed by atoms with E-state index in [9.17, 15) is 8.42 Å². The number of imidazole rings is 1. The van der Waals surface area contributed by atoms with Gasteiger partial charge in [0.1, 0.15) is 4.21 Å². The fourth-order valence-electron chi connectivity index (χ4n) is 2.27. The third kappa shape index (κ3) is 2.74. The summed E-state index contributed by atoms with van der Waals surface area (Å²) in [6.07, 6.45) is 1.77. The minimum Gasteiger partial charge on any atom is -0.328 e. The normalized spacial score (nSPS) is 12.2. The molecule has 0 aliphatic rings. The summed E-state index contributed by atoms with van der Waals surface area (Å²) < 4.78 is 29.7. The number of anilines is 1. The van der Waals surface area contributed by atoms with Crippen molar-refractivity contribution < 1.29 is 8.42 Å². The van der Waals surface area contributed by atoms with Crippen LogP contribution in [-0.4, -0.2) is 18.0 Å². The maximum absolute atomic E-state index is 12.3. The lowest BCUT2D eigenvalue weighted by molar-refractivity contribution is 0.603. The number of sulfonamides is 1. The Hall–Kier alpha value is -1.86. The van der Waals surface area contributed by atoms with Crippen LogP contribution in [-0.2, 0) is 10.0 Å². The predicted octanol–water partition coefficient (Wildman–Crippen LogP) is 3.79. The van der Waals surface area contributed by atoms with Gasteiger partial charge in [0.2, 0.25) is 0 Å². The van der Waals surface area contributed by atoms with Crippen molar-refractivity contribution in [2.45, 2.75) is 31.0 Å². The summed E-state index contributed by atoms with van der Waals surface area (Å²) in [4.78, 5) is 5.30. The molecular formula is C15H17N3O2S2. The molecule has 5 nitrogen and oxygen atoms in total. The SMILES string of the molecule is Cc1ccc(S(=O)(=O)Nc2ccc3c(c2)ncn3C(C)C)s1. The molecule has 0 aliphatic carbocycles. The molecule has 1 N–H and O–H groups in total. The van der Waals surface area contributed by atoms with Gasteiger partial charge in [0.25, 0.3) is 10.0 Å². The number of aromatic nitrogens is 2. The van der Waals surface area contributed by atoms with E-state index in [1.807, 2.05) is 13.0 Å². The molecule has 0 saturated carbocycles. The zero-order valence-corrected chi connectivity index (χ0v) is 14.2. The Morgan fingerprint density at radius 3 is 2.64 bits per heavy atom. The number of thiophene rings is 1. The fourth-order valence-corrected chi connectivity index (χ4v) is 4.60. The summed E-state index contributed by atoms with van der Waals surface area (Å²) in [5, 5.41) is 0. The number of hydrogen-bond donors (Lipinski definition) is 1. The Bertz CT molecular complexity index is 923. The first kappa shape index (κ1) is 15.1. The van der Waals surface area contributed by atoms with E-state index in [0.717, 1.165) is 15.9 Å². The number of hydrogen-bond acceptors (Lipinski definition) is 4. The van der Waals surface area contributed by atoms with E-state index in [1.165, 1.54) is 11.3 Å². The fraction of sp³-hybridized carbons (Fsp3) is 0.267. The lowest BCUT2D eigenvalue weighted by Gasteiger charge is -2.09. The van der Waals surface area contributed by atoms with E-state index in [4.69, 9.17) is 0 Å². The Morgan fingerprint density at radius 2 is 2.00 bits per heavy atom. The predicted molar refractivity (Wildman–Crippen MR) is 90.0 cm³/mol. The highest BCUT2D eigenvalue weighted by Gasteiger charge is 2.17. The van der Waals surface area contributed by atoms with Crippen molar-refractivity contribution in [1.82, 2.24) is 9.55 Å². The van der Waals surface area contributed by atoms with Gasteiger partial charge < -0.3 is 4.57 Å². The maximum atomic E-state index is 12.3. The molecule has 3 rings (SSSR count). The van der Waals surface area contributed by atoms with Crippen LogP contribution in [0.1, 0.15) is 24.8 Å². The Morgan fingerprint density at radius 1 is 1.23 bits per heavy atom. The standard InChI is InChI=1S/C15H17N3O2S2/c1-10(2)18-9-16-13-8-12(5-6-14(13)18)17-22(19,20)15-7-4-11(3)21-15/h4-10,17H,1-3H3.